The Balaban J connectivity index is 2.63. The summed E-state index contributed by atoms with van der Waals surface area (Å²) in [7, 11) is -3.22. The number of nitrogens with zero attached hydrogens (tertiary/aromatic N) is 2. The van der Waals surface area contributed by atoms with Gasteiger partial charge in [0.1, 0.15) is 23.6 Å². The van der Waals surface area contributed by atoms with Crippen LogP contribution in [0.5, 0.6) is 0 Å². The topological polar surface area (TPSA) is 138 Å². The molecule has 10 nitrogen and oxygen atoms in total. The first-order valence-corrected chi connectivity index (χ1v) is 18.2. The van der Waals surface area contributed by atoms with Gasteiger partial charge in [-0.1, -0.05) is 41.5 Å². The SMILES string of the molecule is CNC(=O)C[C@@]1(O)[C@@H](CO[Si](C)(C)C(C)(C)C)O[C@@H](n2ccc(N)nc2=O)[C@@H]1O[Si](C)(C)C(C)(C)C. The maximum Gasteiger partial charge on any atom is 0.351 e. The minimum atomic E-state index is -2.51. The van der Waals surface area contributed by atoms with Crippen molar-refractivity contribution in [2.75, 3.05) is 19.4 Å². The first-order valence-electron chi connectivity index (χ1n) is 12.4. The lowest BCUT2D eigenvalue weighted by atomic mass is 9.88. The molecule has 206 valence electrons. The average Bonchev–Trinajstić information content (AvgIpc) is 2.95. The molecule has 1 saturated heterocycles. The third-order valence-corrected chi connectivity index (χ3v) is 17.0. The maximum atomic E-state index is 12.8. The van der Waals surface area contributed by atoms with E-state index in [1.165, 1.54) is 23.9 Å². The van der Waals surface area contributed by atoms with Crippen molar-refractivity contribution < 1.29 is 23.5 Å². The summed E-state index contributed by atoms with van der Waals surface area (Å²) in [5.74, 6) is -0.291. The molecule has 0 bridgehead atoms. The maximum absolute atomic E-state index is 12.8. The average molecular weight is 543 g/mol. The van der Waals surface area contributed by atoms with Crippen molar-refractivity contribution in [2.24, 2.45) is 0 Å². The molecule has 1 aromatic rings. The fourth-order valence-electron chi connectivity index (χ4n) is 3.52. The molecule has 12 heteroatoms. The van der Waals surface area contributed by atoms with Gasteiger partial charge in [0, 0.05) is 13.2 Å². The van der Waals surface area contributed by atoms with Gasteiger partial charge in [-0.15, -0.1) is 0 Å². The van der Waals surface area contributed by atoms with E-state index < -0.39 is 46.4 Å². The van der Waals surface area contributed by atoms with Crippen molar-refractivity contribution in [3.63, 3.8) is 0 Å². The minimum Gasteiger partial charge on any atom is -0.414 e. The van der Waals surface area contributed by atoms with E-state index in [0.717, 1.165) is 0 Å². The fourth-order valence-corrected chi connectivity index (χ4v) is 5.83. The summed E-state index contributed by atoms with van der Waals surface area (Å²) < 4.78 is 20.8. The second-order valence-corrected chi connectivity index (χ2v) is 22.3. The predicted octanol–water partition coefficient (Wildman–Crippen LogP) is 3.00. The summed E-state index contributed by atoms with van der Waals surface area (Å²) in [5.41, 5.74) is 3.32. The number of amides is 1. The summed E-state index contributed by atoms with van der Waals surface area (Å²) >= 11 is 0. The van der Waals surface area contributed by atoms with Crippen LogP contribution < -0.4 is 16.7 Å². The Hall–Kier alpha value is -1.58. The minimum absolute atomic E-state index is 0.0506. The third kappa shape index (κ3) is 6.28. The summed E-state index contributed by atoms with van der Waals surface area (Å²) in [6, 6.07) is 1.49. The van der Waals surface area contributed by atoms with E-state index in [2.05, 4.69) is 64.9 Å². The zero-order valence-electron chi connectivity index (χ0n) is 23.8. The van der Waals surface area contributed by atoms with Crippen LogP contribution in [0, 0.1) is 0 Å². The number of aromatic nitrogens is 2. The van der Waals surface area contributed by atoms with Gasteiger partial charge in [0.2, 0.25) is 5.91 Å². The Morgan fingerprint density at radius 1 is 1.19 bits per heavy atom. The lowest BCUT2D eigenvalue weighted by Crippen LogP contribution is -2.58. The molecule has 0 aliphatic carbocycles. The highest BCUT2D eigenvalue weighted by Crippen LogP contribution is 2.47. The number of carbonyl (C=O) groups is 1. The zero-order chi connectivity index (χ0) is 27.9. The number of nitrogens with two attached hydrogens (primary N) is 1. The van der Waals surface area contributed by atoms with E-state index >= 15 is 0 Å². The van der Waals surface area contributed by atoms with Gasteiger partial charge in [0.25, 0.3) is 0 Å². The number of hydrogen-bond donors (Lipinski definition) is 3. The molecule has 1 aromatic heterocycles. The molecule has 4 N–H and O–H groups in total. The normalized spacial score (nSPS) is 25.7. The van der Waals surface area contributed by atoms with E-state index in [1.54, 1.807) is 0 Å². The molecule has 1 aliphatic heterocycles. The van der Waals surface area contributed by atoms with Crippen molar-refractivity contribution >= 4 is 28.4 Å². The van der Waals surface area contributed by atoms with Crippen LogP contribution in [0.4, 0.5) is 5.82 Å². The molecule has 1 fully saturated rings. The predicted molar refractivity (Wildman–Crippen MR) is 146 cm³/mol. The van der Waals surface area contributed by atoms with Gasteiger partial charge in [0.15, 0.2) is 22.9 Å². The zero-order valence-corrected chi connectivity index (χ0v) is 25.8. The van der Waals surface area contributed by atoms with Crippen LogP contribution in [0.15, 0.2) is 17.1 Å². The Morgan fingerprint density at radius 3 is 2.22 bits per heavy atom. The van der Waals surface area contributed by atoms with E-state index in [0.29, 0.717) is 0 Å². The fraction of sp³-hybridized carbons (Fsp3) is 0.792. The summed E-state index contributed by atoms with van der Waals surface area (Å²) in [6.07, 6.45) is -1.76. The summed E-state index contributed by atoms with van der Waals surface area (Å²) in [4.78, 5) is 29.3. The van der Waals surface area contributed by atoms with Gasteiger partial charge in [-0.25, -0.2) is 4.79 Å². The van der Waals surface area contributed by atoms with Gasteiger partial charge in [-0.2, -0.15) is 4.98 Å². The van der Waals surface area contributed by atoms with Crippen molar-refractivity contribution in [2.45, 2.75) is 108 Å². The number of anilines is 1. The van der Waals surface area contributed by atoms with Gasteiger partial charge in [-0.3, -0.25) is 9.36 Å². The lowest BCUT2D eigenvalue weighted by Gasteiger charge is -2.43. The number of nitrogens with one attached hydrogen (secondary N) is 1. The molecule has 1 amide bonds. The molecule has 2 heterocycles. The van der Waals surface area contributed by atoms with Crippen molar-refractivity contribution in [1.29, 1.82) is 0 Å². The number of aliphatic hydroxyl groups is 1. The van der Waals surface area contributed by atoms with Gasteiger partial charge in [0.05, 0.1) is 13.0 Å². The molecule has 1 aliphatic rings. The van der Waals surface area contributed by atoms with E-state index in [-0.39, 0.29) is 34.8 Å². The standard InChI is InChI=1S/C24H46N4O6Si2/c1-22(2,3)35(8,9)32-15-16-24(31,14-18(29)26-7)19(34-36(10,11)23(4,5)6)20(33-16)28-13-12-17(25)27-21(28)30/h12-13,16,19-20,31H,14-15H2,1-11H3,(H,26,29)(H2,25,27,30)/t16-,19+,20-,24-/m1/s1. The van der Waals surface area contributed by atoms with Crippen LogP contribution in [0.2, 0.25) is 36.3 Å². The number of rotatable bonds is 8. The largest absolute Gasteiger partial charge is 0.414 e. The van der Waals surface area contributed by atoms with Crippen LogP contribution in [0.3, 0.4) is 0 Å². The smallest absolute Gasteiger partial charge is 0.351 e. The Bertz CT molecular complexity index is 1000. The molecular formula is C24H46N4O6Si2. The van der Waals surface area contributed by atoms with Gasteiger partial charge >= 0.3 is 5.69 Å². The lowest BCUT2D eigenvalue weighted by molar-refractivity contribution is -0.135. The quantitative estimate of drug-likeness (QED) is 0.426. The van der Waals surface area contributed by atoms with E-state index in [1.807, 2.05) is 13.1 Å². The molecular weight excluding hydrogens is 496 g/mol. The van der Waals surface area contributed by atoms with Gasteiger partial charge in [-0.05, 0) is 42.3 Å². The molecule has 0 unspecified atom stereocenters. The highest BCUT2D eigenvalue weighted by molar-refractivity contribution is 6.74. The number of carbonyl (C=O) groups excluding carboxylic acids is 1. The Labute approximate surface area is 217 Å². The van der Waals surface area contributed by atoms with E-state index in [9.17, 15) is 14.7 Å². The first kappa shape index (κ1) is 30.6. The van der Waals surface area contributed by atoms with Crippen LogP contribution in [-0.2, 0) is 18.4 Å². The highest BCUT2D eigenvalue weighted by atomic mass is 28.4. The molecule has 0 aromatic carbocycles. The molecule has 4 atom stereocenters. The molecule has 0 saturated carbocycles. The number of nitrogen functional groups attached to an aromatic ring is 1. The van der Waals surface area contributed by atoms with Crippen LogP contribution in [0.25, 0.3) is 0 Å². The second-order valence-electron chi connectivity index (χ2n) is 12.8. The molecule has 36 heavy (non-hydrogen) atoms. The molecule has 0 radical (unpaired) electrons. The van der Waals surface area contributed by atoms with Crippen LogP contribution >= 0.6 is 0 Å². The number of ether oxygens (including phenoxy) is 1. The summed E-state index contributed by atoms with van der Waals surface area (Å²) in [6.45, 7) is 21.0. The van der Waals surface area contributed by atoms with Crippen molar-refractivity contribution in [3.8, 4) is 0 Å². The monoisotopic (exact) mass is 542 g/mol. The van der Waals surface area contributed by atoms with Crippen LogP contribution in [-0.4, -0.2) is 68.7 Å². The first-order chi connectivity index (χ1) is 16.2. The van der Waals surface area contributed by atoms with Gasteiger partial charge < -0.3 is 29.7 Å². The second kappa shape index (κ2) is 10.3. The Morgan fingerprint density at radius 2 is 1.75 bits per heavy atom. The number of hydrogen-bond acceptors (Lipinski definition) is 8. The van der Waals surface area contributed by atoms with E-state index in [4.69, 9.17) is 19.3 Å². The molecule has 0 spiro atoms. The van der Waals surface area contributed by atoms with Crippen LogP contribution in [0.1, 0.15) is 54.2 Å². The third-order valence-electron chi connectivity index (χ3n) is 8.09. The van der Waals surface area contributed by atoms with Crippen molar-refractivity contribution in [3.05, 3.63) is 22.7 Å². The highest BCUT2D eigenvalue weighted by Gasteiger charge is 2.61. The Kier molecular flexibility index (Phi) is 8.76. The molecule has 2 rings (SSSR count). The summed E-state index contributed by atoms with van der Waals surface area (Å²) in [5, 5.41) is 14.5. The van der Waals surface area contributed by atoms with Crippen molar-refractivity contribution in [1.82, 2.24) is 14.9 Å².